The van der Waals surface area contributed by atoms with Gasteiger partial charge in [-0.05, 0) is 17.5 Å². The van der Waals surface area contributed by atoms with Gasteiger partial charge >= 0.3 is 0 Å². The lowest BCUT2D eigenvalue weighted by atomic mass is 10.3. The fourth-order valence-electron chi connectivity index (χ4n) is 1.19. The highest BCUT2D eigenvalue weighted by atomic mass is 32.2. The summed E-state index contributed by atoms with van der Waals surface area (Å²) in [5.74, 6) is 0. The second-order valence-corrected chi connectivity index (χ2v) is 5.11. The molecule has 0 fully saturated rings. The lowest BCUT2D eigenvalue weighted by Gasteiger charge is -2.11. The zero-order valence-electron chi connectivity index (χ0n) is 8.04. The van der Waals surface area contributed by atoms with E-state index in [1.54, 1.807) is 35.6 Å². The fourth-order valence-corrected chi connectivity index (χ4v) is 3.05. The molecule has 2 aromatic heterocycles. The Kier molecular flexibility index (Phi) is 3.71. The van der Waals surface area contributed by atoms with Crippen LogP contribution in [-0.2, 0) is 0 Å². The Morgan fingerprint density at radius 3 is 3.00 bits per heavy atom. The van der Waals surface area contributed by atoms with Crippen molar-refractivity contribution in [2.75, 3.05) is 6.54 Å². The minimum atomic E-state index is 0.292. The summed E-state index contributed by atoms with van der Waals surface area (Å²) in [6.45, 7) is 0.620. The molecule has 2 heterocycles. The van der Waals surface area contributed by atoms with Gasteiger partial charge in [0.15, 0.2) is 0 Å². The molecule has 0 saturated carbocycles. The van der Waals surface area contributed by atoms with E-state index in [9.17, 15) is 0 Å². The average molecular weight is 237 g/mol. The normalized spacial score (nSPS) is 12.6. The first-order chi connectivity index (χ1) is 7.40. The van der Waals surface area contributed by atoms with E-state index in [1.807, 2.05) is 12.1 Å². The van der Waals surface area contributed by atoms with Crippen LogP contribution in [-0.4, -0.2) is 16.5 Å². The van der Waals surface area contributed by atoms with Gasteiger partial charge < -0.3 is 5.73 Å². The molecule has 0 aromatic carbocycles. The van der Waals surface area contributed by atoms with Crippen LogP contribution in [0.25, 0.3) is 0 Å². The summed E-state index contributed by atoms with van der Waals surface area (Å²) in [4.78, 5) is 9.36. The number of hydrogen-bond donors (Lipinski definition) is 1. The predicted molar refractivity (Wildman–Crippen MR) is 64.0 cm³/mol. The number of thioether (sulfide) groups is 1. The number of aromatic nitrogens is 2. The molecule has 15 heavy (non-hydrogen) atoms. The van der Waals surface area contributed by atoms with Crippen LogP contribution < -0.4 is 5.73 Å². The van der Waals surface area contributed by atoms with Gasteiger partial charge in [-0.1, -0.05) is 17.8 Å². The van der Waals surface area contributed by atoms with Crippen molar-refractivity contribution in [3.63, 3.8) is 0 Å². The highest BCUT2D eigenvalue weighted by Gasteiger charge is 2.12. The van der Waals surface area contributed by atoms with Crippen LogP contribution in [0.1, 0.15) is 10.1 Å². The second kappa shape index (κ2) is 5.25. The van der Waals surface area contributed by atoms with E-state index < -0.39 is 0 Å². The molecule has 1 unspecified atom stereocenters. The van der Waals surface area contributed by atoms with Crippen LogP contribution in [0, 0.1) is 0 Å². The lowest BCUT2D eigenvalue weighted by Crippen LogP contribution is -2.08. The highest BCUT2D eigenvalue weighted by molar-refractivity contribution is 7.99. The smallest absolute Gasteiger partial charge is 0.116 e. The number of nitrogens with zero attached hydrogens (tertiary/aromatic N) is 2. The maximum atomic E-state index is 5.75. The van der Waals surface area contributed by atoms with Crippen LogP contribution in [0.4, 0.5) is 0 Å². The molecule has 0 bridgehead atoms. The molecular formula is C10H11N3S2. The highest BCUT2D eigenvalue weighted by Crippen LogP contribution is 2.35. The molecule has 2 aromatic rings. The minimum absolute atomic E-state index is 0.292. The van der Waals surface area contributed by atoms with Crippen LogP contribution in [0.2, 0.25) is 0 Å². The Labute approximate surface area is 96.8 Å². The van der Waals surface area contributed by atoms with Crippen molar-refractivity contribution in [2.45, 2.75) is 10.3 Å². The molecule has 0 saturated heterocycles. The quantitative estimate of drug-likeness (QED) is 0.655. The summed E-state index contributed by atoms with van der Waals surface area (Å²) in [5.41, 5.74) is 5.75. The van der Waals surface area contributed by atoms with Crippen molar-refractivity contribution in [2.24, 2.45) is 5.73 Å². The third-order valence-electron chi connectivity index (χ3n) is 1.89. The minimum Gasteiger partial charge on any atom is -0.329 e. The summed E-state index contributed by atoms with van der Waals surface area (Å²) >= 11 is 3.41. The molecule has 0 aliphatic heterocycles. The standard InChI is InChI=1S/C10H11N3S2/c11-6-9(8-2-1-5-14-8)15-10-3-4-12-7-13-10/h1-5,7,9H,6,11H2. The van der Waals surface area contributed by atoms with Crippen molar-refractivity contribution in [3.05, 3.63) is 41.0 Å². The van der Waals surface area contributed by atoms with Crippen molar-refractivity contribution in [3.8, 4) is 0 Å². The Morgan fingerprint density at radius 1 is 1.47 bits per heavy atom. The first-order valence-corrected chi connectivity index (χ1v) is 6.32. The first kappa shape index (κ1) is 10.6. The van der Waals surface area contributed by atoms with Crippen LogP contribution in [0.3, 0.4) is 0 Å². The third-order valence-corrected chi connectivity index (χ3v) is 4.24. The van der Waals surface area contributed by atoms with E-state index in [4.69, 9.17) is 5.73 Å². The maximum Gasteiger partial charge on any atom is 0.116 e. The van der Waals surface area contributed by atoms with Gasteiger partial charge in [0.05, 0.1) is 5.25 Å². The summed E-state index contributed by atoms with van der Waals surface area (Å²) in [6, 6.07) is 6.06. The molecular weight excluding hydrogens is 226 g/mol. The van der Waals surface area contributed by atoms with Crippen molar-refractivity contribution in [1.82, 2.24) is 9.97 Å². The Hall–Kier alpha value is -0.910. The van der Waals surface area contributed by atoms with Gasteiger partial charge in [-0.15, -0.1) is 11.3 Å². The van der Waals surface area contributed by atoms with Crippen LogP contribution in [0.15, 0.2) is 41.1 Å². The molecule has 0 spiro atoms. The molecule has 2 rings (SSSR count). The van der Waals surface area contributed by atoms with Crippen molar-refractivity contribution < 1.29 is 0 Å². The molecule has 1 atom stereocenters. The van der Waals surface area contributed by atoms with Gasteiger partial charge in [0, 0.05) is 17.6 Å². The van der Waals surface area contributed by atoms with E-state index >= 15 is 0 Å². The lowest BCUT2D eigenvalue weighted by molar-refractivity contribution is 0.948. The molecule has 2 N–H and O–H groups in total. The first-order valence-electron chi connectivity index (χ1n) is 4.56. The van der Waals surface area contributed by atoms with Gasteiger partial charge in [-0.2, -0.15) is 0 Å². The second-order valence-electron chi connectivity index (χ2n) is 2.91. The predicted octanol–water partition coefficient (Wildman–Crippen LogP) is 2.33. The summed E-state index contributed by atoms with van der Waals surface area (Å²) in [7, 11) is 0. The van der Waals surface area contributed by atoms with Gasteiger partial charge in [-0.3, -0.25) is 0 Å². The topological polar surface area (TPSA) is 51.8 Å². The molecule has 5 heteroatoms. The van der Waals surface area contributed by atoms with Crippen LogP contribution in [0.5, 0.6) is 0 Å². The van der Waals surface area contributed by atoms with E-state index in [0.29, 0.717) is 11.8 Å². The van der Waals surface area contributed by atoms with Crippen molar-refractivity contribution in [1.29, 1.82) is 0 Å². The molecule has 0 radical (unpaired) electrons. The Morgan fingerprint density at radius 2 is 2.40 bits per heavy atom. The van der Waals surface area contributed by atoms with Crippen LogP contribution >= 0.6 is 23.1 Å². The SMILES string of the molecule is NCC(Sc1ccncn1)c1cccs1. The molecule has 0 amide bonds. The largest absolute Gasteiger partial charge is 0.329 e. The number of thiophene rings is 1. The van der Waals surface area contributed by atoms with Gasteiger partial charge in [0.1, 0.15) is 11.4 Å². The zero-order valence-corrected chi connectivity index (χ0v) is 9.67. The number of rotatable bonds is 4. The van der Waals surface area contributed by atoms with Gasteiger partial charge in [0.2, 0.25) is 0 Å². The van der Waals surface area contributed by atoms with Crippen molar-refractivity contribution >= 4 is 23.1 Å². The average Bonchev–Trinajstić information content (AvgIpc) is 2.81. The van der Waals surface area contributed by atoms with E-state index in [1.165, 1.54) is 4.88 Å². The number of hydrogen-bond acceptors (Lipinski definition) is 5. The fraction of sp³-hybridized carbons (Fsp3) is 0.200. The van der Waals surface area contributed by atoms with Gasteiger partial charge in [-0.25, -0.2) is 9.97 Å². The molecule has 78 valence electrons. The molecule has 0 aliphatic rings. The summed E-state index contributed by atoms with van der Waals surface area (Å²) in [6.07, 6.45) is 3.31. The maximum absolute atomic E-state index is 5.75. The third kappa shape index (κ3) is 2.77. The Bertz CT molecular complexity index is 388. The zero-order chi connectivity index (χ0) is 10.5. The molecule has 3 nitrogen and oxygen atoms in total. The van der Waals surface area contributed by atoms with E-state index in [-0.39, 0.29) is 0 Å². The Balaban J connectivity index is 2.10. The van der Waals surface area contributed by atoms with Gasteiger partial charge in [0.25, 0.3) is 0 Å². The van der Waals surface area contributed by atoms with E-state index in [2.05, 4.69) is 21.4 Å². The summed E-state index contributed by atoms with van der Waals surface area (Å²) in [5, 5.41) is 3.33. The molecule has 0 aliphatic carbocycles. The monoisotopic (exact) mass is 237 g/mol. The number of nitrogens with two attached hydrogens (primary N) is 1. The van der Waals surface area contributed by atoms with E-state index in [0.717, 1.165) is 5.03 Å². The summed E-state index contributed by atoms with van der Waals surface area (Å²) < 4.78 is 0.